The fourth-order valence-corrected chi connectivity index (χ4v) is 8.56. The van der Waals surface area contributed by atoms with Crippen LogP contribution in [0.5, 0.6) is 0 Å². The summed E-state index contributed by atoms with van der Waals surface area (Å²) in [4.78, 5) is 4.67. The molecular weight excluding hydrogens is 565 g/mol. The van der Waals surface area contributed by atoms with Crippen molar-refractivity contribution in [1.29, 1.82) is 0 Å². The molecule has 0 amide bonds. The summed E-state index contributed by atoms with van der Waals surface area (Å²) in [6, 6.07) is 22.0. The number of nitrogens with zero attached hydrogens (tertiary/aromatic N) is 1. The maximum Gasteiger partial charge on any atom is 3.00 e. The Morgan fingerprint density at radius 3 is 2.23 bits per heavy atom. The van der Waals surface area contributed by atoms with Crippen molar-refractivity contribution in [2.24, 2.45) is 4.99 Å². The molecule has 35 heavy (non-hydrogen) atoms. The zero-order chi connectivity index (χ0) is 22.7. The maximum absolute atomic E-state index is 4.67. The van der Waals surface area contributed by atoms with Gasteiger partial charge in [-0.3, -0.25) is 4.99 Å². The van der Waals surface area contributed by atoms with E-state index in [1.54, 1.807) is 10.4 Å². The minimum atomic E-state index is -1.19. The number of allylic oxidation sites excluding steroid dienone is 4. The minimum Gasteiger partial charge on any atom is -1.00 e. The van der Waals surface area contributed by atoms with Gasteiger partial charge in [0.15, 0.2) is 0 Å². The van der Waals surface area contributed by atoms with Gasteiger partial charge in [0.2, 0.25) is 0 Å². The van der Waals surface area contributed by atoms with Crippen LogP contribution in [0.1, 0.15) is 39.7 Å². The van der Waals surface area contributed by atoms with Crippen molar-refractivity contribution in [2.75, 3.05) is 0 Å². The summed E-state index contributed by atoms with van der Waals surface area (Å²) in [5.41, 5.74) is 8.33. The molecule has 179 valence electrons. The number of halogens is 2. The molecule has 1 radical (unpaired) electrons. The normalized spacial score (nSPS) is 16.3. The second kappa shape index (κ2) is 10.9. The van der Waals surface area contributed by atoms with Crippen LogP contribution >= 0.6 is 0 Å². The maximum atomic E-state index is 4.67. The van der Waals surface area contributed by atoms with Gasteiger partial charge in [-0.2, -0.15) is 12.1 Å². The van der Waals surface area contributed by atoms with Crippen molar-refractivity contribution in [3.63, 3.8) is 0 Å². The van der Waals surface area contributed by atoms with Crippen LogP contribution in [0.3, 0.4) is 0 Å². The van der Waals surface area contributed by atoms with Gasteiger partial charge in [0.25, 0.3) is 0 Å². The number of aliphatic imine (C=N–C) groups is 1. The Morgan fingerprint density at radius 2 is 1.60 bits per heavy atom. The predicted octanol–water partition coefficient (Wildman–Crippen LogP) is 2.30. The second-order valence-electron chi connectivity index (χ2n) is 10.6. The zero-order valence-electron chi connectivity index (χ0n) is 21.3. The molecule has 6 rings (SSSR count). The molecule has 0 bridgehead atoms. The monoisotopic (exact) mass is 594 g/mol. The summed E-state index contributed by atoms with van der Waals surface area (Å²) in [5, 5.41) is 5.93. The Balaban J connectivity index is 0.000000239. The standard InChI is InChI=1S/C19H19.C11H13NSi.2ClH.Zr/c1-19(2,3)16-12-10-15(11-13-16)18-9-5-7-14-6-4-8-17(14)18;1-4-7-11-10-8(12-7)5-6-9(10)13(11,2)3;;;/h4-13H,1-3H3;5-6H,4H2,1-3H3;2*1H;/q-1;;;;+3/p-2. The van der Waals surface area contributed by atoms with Crippen molar-refractivity contribution in [2.45, 2.75) is 52.6 Å². The van der Waals surface area contributed by atoms with Gasteiger partial charge in [0, 0.05) is 11.3 Å². The number of hydrogen-bond acceptors (Lipinski definition) is 1. The zero-order valence-corrected chi connectivity index (χ0v) is 26.3. The topological polar surface area (TPSA) is 12.4 Å². The SMILES string of the molecule is CC(C)(C)c1ccc(-c2cccc3[cH-]ccc23)cc1.CCC1=NC2=CC=C3C2=C1[Si]3(C)C.[Cl-].[Cl-].[Zr+3]. The summed E-state index contributed by atoms with van der Waals surface area (Å²) in [6.45, 7) is 13.8. The molecule has 0 unspecified atom stereocenters. The van der Waals surface area contributed by atoms with Gasteiger partial charge in [0.1, 0.15) is 8.07 Å². The number of fused-ring (bicyclic) bond motifs is 1. The van der Waals surface area contributed by atoms with E-state index in [-0.39, 0.29) is 56.4 Å². The molecule has 0 saturated carbocycles. The van der Waals surface area contributed by atoms with E-state index in [1.807, 2.05) is 0 Å². The third-order valence-corrected chi connectivity index (χ3v) is 10.7. The van der Waals surface area contributed by atoms with E-state index in [0.29, 0.717) is 0 Å². The molecule has 3 aromatic rings. The first-order valence-electron chi connectivity index (χ1n) is 11.7. The Kier molecular flexibility index (Phi) is 9.32. The van der Waals surface area contributed by atoms with Crippen LogP contribution in [0.4, 0.5) is 0 Å². The van der Waals surface area contributed by atoms with Crippen LogP contribution in [0, 0.1) is 0 Å². The van der Waals surface area contributed by atoms with Gasteiger partial charge in [-0.15, -0.1) is 29.0 Å². The molecular formula is C30H32Cl2NSiZr. The largest absolute Gasteiger partial charge is 3.00 e. The van der Waals surface area contributed by atoms with E-state index < -0.39 is 8.07 Å². The van der Waals surface area contributed by atoms with Gasteiger partial charge in [0.05, 0.1) is 5.70 Å². The van der Waals surface area contributed by atoms with E-state index >= 15 is 0 Å². The Bertz CT molecular complexity index is 1350. The third-order valence-electron chi connectivity index (χ3n) is 7.10. The van der Waals surface area contributed by atoms with E-state index in [4.69, 9.17) is 0 Å². The molecule has 0 N–H and O–H groups in total. The summed E-state index contributed by atoms with van der Waals surface area (Å²) < 4.78 is 0. The molecule has 0 saturated heterocycles. The Labute approximate surface area is 242 Å². The molecule has 2 heterocycles. The van der Waals surface area contributed by atoms with Gasteiger partial charge >= 0.3 is 26.2 Å². The van der Waals surface area contributed by atoms with Crippen molar-refractivity contribution < 1.29 is 51.0 Å². The van der Waals surface area contributed by atoms with Gasteiger partial charge in [-0.25, -0.2) is 0 Å². The average Bonchev–Trinajstić information content (AvgIpc) is 3.45. The van der Waals surface area contributed by atoms with Crippen molar-refractivity contribution in [3.05, 3.63) is 100 Å². The molecule has 2 aliphatic heterocycles. The van der Waals surface area contributed by atoms with Gasteiger partial charge < -0.3 is 24.8 Å². The van der Waals surface area contributed by atoms with Gasteiger partial charge in [-0.1, -0.05) is 82.8 Å². The van der Waals surface area contributed by atoms with Crippen LogP contribution in [0.25, 0.3) is 21.9 Å². The smallest absolute Gasteiger partial charge is 1.00 e. The molecule has 5 heteroatoms. The predicted molar refractivity (Wildman–Crippen MR) is 142 cm³/mol. The van der Waals surface area contributed by atoms with Crippen LogP contribution < -0.4 is 24.8 Å². The van der Waals surface area contributed by atoms with E-state index in [1.165, 1.54) is 44.4 Å². The summed E-state index contributed by atoms with van der Waals surface area (Å²) >= 11 is 0. The van der Waals surface area contributed by atoms with Crippen LogP contribution in [0.15, 0.2) is 99.5 Å². The third kappa shape index (κ3) is 5.08. The molecule has 3 aliphatic rings. The van der Waals surface area contributed by atoms with E-state index in [2.05, 4.69) is 119 Å². The van der Waals surface area contributed by atoms with Gasteiger partial charge in [-0.05, 0) is 39.4 Å². The Hall–Kier alpha value is -1.38. The van der Waals surface area contributed by atoms with Crippen LogP contribution in [-0.4, -0.2) is 13.8 Å². The first kappa shape index (κ1) is 29.8. The molecule has 3 aromatic carbocycles. The number of benzene rings is 2. The molecule has 0 atom stereocenters. The first-order valence-corrected chi connectivity index (χ1v) is 14.7. The van der Waals surface area contributed by atoms with Crippen molar-refractivity contribution >= 4 is 24.6 Å². The van der Waals surface area contributed by atoms with Crippen LogP contribution in [-0.2, 0) is 31.6 Å². The molecule has 1 aliphatic carbocycles. The minimum absolute atomic E-state index is 0. The summed E-state index contributed by atoms with van der Waals surface area (Å²) in [5.74, 6) is 0. The second-order valence-corrected chi connectivity index (χ2v) is 14.9. The Morgan fingerprint density at radius 1 is 0.914 bits per heavy atom. The molecule has 0 aromatic heterocycles. The quantitative estimate of drug-likeness (QED) is 0.318. The molecule has 0 fully saturated rings. The number of hydrogen-bond donors (Lipinski definition) is 0. The van der Waals surface area contributed by atoms with E-state index in [9.17, 15) is 0 Å². The summed E-state index contributed by atoms with van der Waals surface area (Å²) in [7, 11) is -1.19. The number of rotatable bonds is 2. The molecule has 1 nitrogen and oxygen atoms in total. The van der Waals surface area contributed by atoms with Crippen LogP contribution in [0.2, 0.25) is 13.1 Å². The summed E-state index contributed by atoms with van der Waals surface area (Å²) in [6.07, 6.45) is 5.57. The fraction of sp³-hybridized carbons (Fsp3) is 0.267. The van der Waals surface area contributed by atoms with E-state index in [0.717, 1.165) is 6.42 Å². The first-order chi connectivity index (χ1) is 15.2. The molecule has 0 spiro atoms. The van der Waals surface area contributed by atoms with Crippen molar-refractivity contribution in [1.82, 2.24) is 0 Å². The average molecular weight is 597 g/mol. The fourth-order valence-electron chi connectivity index (χ4n) is 5.25. The van der Waals surface area contributed by atoms with Crippen molar-refractivity contribution in [3.8, 4) is 11.1 Å².